The van der Waals surface area contributed by atoms with Crippen molar-refractivity contribution in [1.82, 2.24) is 0 Å². The quantitative estimate of drug-likeness (QED) is 0.527. The van der Waals surface area contributed by atoms with Gasteiger partial charge in [0.1, 0.15) is 11.5 Å². The van der Waals surface area contributed by atoms with Crippen molar-refractivity contribution in [2.24, 2.45) is 11.8 Å². The van der Waals surface area contributed by atoms with Crippen LogP contribution in [0.4, 0.5) is 0 Å². The molecule has 21 heavy (non-hydrogen) atoms. The van der Waals surface area contributed by atoms with Crippen LogP contribution < -0.4 is 4.74 Å². The third kappa shape index (κ3) is 7.22. The first-order chi connectivity index (χ1) is 10.0. The van der Waals surface area contributed by atoms with Crippen LogP contribution in [0.15, 0.2) is 30.8 Å². The lowest BCUT2D eigenvalue weighted by molar-refractivity contribution is 0.244. The van der Waals surface area contributed by atoms with E-state index >= 15 is 0 Å². The molecular weight excluding hydrogens is 260 g/mol. The van der Waals surface area contributed by atoms with Crippen molar-refractivity contribution in [3.63, 3.8) is 0 Å². The second-order valence-electron chi connectivity index (χ2n) is 6.22. The van der Waals surface area contributed by atoms with Crippen molar-refractivity contribution >= 4 is 5.76 Å². The van der Waals surface area contributed by atoms with Gasteiger partial charge in [-0.15, -0.1) is 0 Å². The van der Waals surface area contributed by atoms with Gasteiger partial charge < -0.3 is 9.47 Å². The fourth-order valence-corrected chi connectivity index (χ4v) is 2.28. The molecule has 0 fully saturated rings. The molecule has 1 atom stereocenters. The lowest BCUT2D eigenvalue weighted by Gasteiger charge is -2.14. The predicted octanol–water partition coefficient (Wildman–Crippen LogP) is 5.54. The largest absolute Gasteiger partial charge is 0.497 e. The van der Waals surface area contributed by atoms with Crippen LogP contribution in [0.2, 0.25) is 0 Å². The van der Waals surface area contributed by atoms with Gasteiger partial charge in [-0.1, -0.05) is 58.7 Å². The molecular formula is C19H30O2. The number of ether oxygens (including phenoxy) is 2. The van der Waals surface area contributed by atoms with Gasteiger partial charge in [-0.2, -0.15) is 0 Å². The Kier molecular flexibility index (Phi) is 7.96. The van der Waals surface area contributed by atoms with Gasteiger partial charge in [-0.05, 0) is 30.4 Å². The molecule has 0 saturated carbocycles. The first-order valence-corrected chi connectivity index (χ1v) is 7.99. The van der Waals surface area contributed by atoms with Crippen molar-refractivity contribution in [3.8, 4) is 5.75 Å². The molecule has 0 saturated heterocycles. The Morgan fingerprint density at radius 2 is 1.90 bits per heavy atom. The van der Waals surface area contributed by atoms with Gasteiger partial charge in [-0.3, -0.25) is 0 Å². The van der Waals surface area contributed by atoms with Crippen LogP contribution in [0.5, 0.6) is 5.75 Å². The minimum absolute atomic E-state index is 0.710. The van der Waals surface area contributed by atoms with Gasteiger partial charge in [-0.25, -0.2) is 0 Å². The number of rotatable bonds is 10. The molecule has 0 N–H and O–H groups in total. The van der Waals surface area contributed by atoms with Crippen molar-refractivity contribution in [2.45, 2.75) is 46.5 Å². The summed E-state index contributed by atoms with van der Waals surface area (Å²) in [5, 5.41) is 0. The fraction of sp³-hybridized carbons (Fsp3) is 0.579. The highest BCUT2D eigenvalue weighted by Gasteiger charge is 2.06. The van der Waals surface area contributed by atoms with Crippen molar-refractivity contribution in [3.05, 3.63) is 36.4 Å². The molecule has 2 heteroatoms. The third-order valence-corrected chi connectivity index (χ3v) is 3.76. The van der Waals surface area contributed by atoms with E-state index in [1.54, 1.807) is 7.11 Å². The van der Waals surface area contributed by atoms with E-state index < -0.39 is 0 Å². The van der Waals surface area contributed by atoms with Crippen molar-refractivity contribution in [1.29, 1.82) is 0 Å². The summed E-state index contributed by atoms with van der Waals surface area (Å²) >= 11 is 0. The highest BCUT2D eigenvalue weighted by Crippen LogP contribution is 2.21. The maximum atomic E-state index is 5.78. The molecule has 1 unspecified atom stereocenters. The minimum Gasteiger partial charge on any atom is -0.497 e. The molecule has 0 bridgehead atoms. The van der Waals surface area contributed by atoms with Crippen LogP contribution in [0.3, 0.4) is 0 Å². The number of hydrogen-bond acceptors (Lipinski definition) is 2. The summed E-state index contributed by atoms with van der Waals surface area (Å²) in [4.78, 5) is 0. The fourth-order valence-electron chi connectivity index (χ4n) is 2.28. The molecule has 1 aromatic carbocycles. The van der Waals surface area contributed by atoms with Gasteiger partial charge in [0.25, 0.3) is 0 Å². The third-order valence-electron chi connectivity index (χ3n) is 3.76. The van der Waals surface area contributed by atoms with Crippen LogP contribution in [0, 0.1) is 11.8 Å². The average Bonchev–Trinajstić information content (AvgIpc) is 2.46. The van der Waals surface area contributed by atoms with E-state index in [1.165, 1.54) is 19.3 Å². The van der Waals surface area contributed by atoms with Crippen LogP contribution in [-0.4, -0.2) is 13.7 Å². The SMILES string of the molecule is C=C(OCCC(C)CCCC(C)C)c1cccc(OC)c1. The maximum absolute atomic E-state index is 5.78. The number of methoxy groups -OCH3 is 1. The summed E-state index contributed by atoms with van der Waals surface area (Å²) in [6, 6.07) is 7.83. The Morgan fingerprint density at radius 1 is 1.14 bits per heavy atom. The van der Waals surface area contributed by atoms with Crippen LogP contribution in [-0.2, 0) is 4.74 Å². The molecule has 1 aromatic rings. The van der Waals surface area contributed by atoms with Crippen molar-refractivity contribution < 1.29 is 9.47 Å². The molecule has 0 amide bonds. The zero-order chi connectivity index (χ0) is 15.7. The molecule has 118 valence electrons. The Hall–Kier alpha value is -1.44. The van der Waals surface area contributed by atoms with Gasteiger partial charge in [0, 0.05) is 5.56 Å². The van der Waals surface area contributed by atoms with Crippen LogP contribution >= 0.6 is 0 Å². The molecule has 2 nitrogen and oxygen atoms in total. The summed E-state index contributed by atoms with van der Waals surface area (Å²) in [5.41, 5.74) is 0.988. The predicted molar refractivity (Wildman–Crippen MR) is 90.5 cm³/mol. The van der Waals surface area contributed by atoms with Gasteiger partial charge >= 0.3 is 0 Å². The van der Waals surface area contributed by atoms with Gasteiger partial charge in [0.05, 0.1) is 13.7 Å². The molecule has 0 radical (unpaired) electrons. The highest BCUT2D eigenvalue weighted by atomic mass is 16.5. The number of benzene rings is 1. The van der Waals surface area contributed by atoms with E-state index in [1.807, 2.05) is 24.3 Å². The maximum Gasteiger partial charge on any atom is 0.119 e. The first kappa shape index (κ1) is 17.6. The van der Waals surface area contributed by atoms with E-state index in [-0.39, 0.29) is 0 Å². The van der Waals surface area contributed by atoms with Crippen molar-refractivity contribution in [2.75, 3.05) is 13.7 Å². The van der Waals surface area contributed by atoms with E-state index in [0.717, 1.165) is 36.0 Å². The Morgan fingerprint density at radius 3 is 2.57 bits per heavy atom. The summed E-state index contributed by atoms with van der Waals surface area (Å²) < 4.78 is 11.0. The molecule has 0 heterocycles. The topological polar surface area (TPSA) is 18.5 Å². The van der Waals surface area contributed by atoms with Gasteiger partial charge in [0.2, 0.25) is 0 Å². The normalized spacial score (nSPS) is 12.2. The second kappa shape index (κ2) is 9.49. The molecule has 0 aliphatic carbocycles. The Bertz CT molecular complexity index is 423. The van der Waals surface area contributed by atoms with Crippen LogP contribution in [0.25, 0.3) is 5.76 Å². The van der Waals surface area contributed by atoms with E-state index in [0.29, 0.717) is 5.92 Å². The summed E-state index contributed by atoms with van der Waals surface area (Å²) in [6.07, 6.45) is 5.01. The average molecular weight is 290 g/mol. The van der Waals surface area contributed by atoms with E-state index in [2.05, 4.69) is 27.4 Å². The smallest absolute Gasteiger partial charge is 0.119 e. The second-order valence-corrected chi connectivity index (χ2v) is 6.22. The summed E-state index contributed by atoms with van der Waals surface area (Å²) in [5.74, 6) is 3.07. The summed E-state index contributed by atoms with van der Waals surface area (Å²) in [7, 11) is 1.67. The monoisotopic (exact) mass is 290 g/mol. The summed E-state index contributed by atoms with van der Waals surface area (Å²) in [6.45, 7) is 11.6. The molecule has 0 aliphatic heterocycles. The standard InChI is InChI=1S/C19H30O2/c1-15(2)8-6-9-16(3)12-13-21-17(4)18-10-7-11-19(14-18)20-5/h7,10-11,14-16H,4,6,8-9,12-13H2,1-3,5H3. The minimum atomic E-state index is 0.710. The van der Waals surface area contributed by atoms with Crippen LogP contribution in [0.1, 0.15) is 52.0 Å². The zero-order valence-corrected chi connectivity index (χ0v) is 14.0. The lowest BCUT2D eigenvalue weighted by Crippen LogP contribution is -2.02. The van der Waals surface area contributed by atoms with Gasteiger partial charge in [0.15, 0.2) is 0 Å². The van der Waals surface area contributed by atoms with E-state index in [9.17, 15) is 0 Å². The lowest BCUT2D eigenvalue weighted by atomic mass is 9.98. The molecule has 0 aliphatic rings. The molecule has 1 rings (SSSR count). The molecule has 0 spiro atoms. The molecule has 0 aromatic heterocycles. The first-order valence-electron chi connectivity index (χ1n) is 7.99. The number of hydrogen-bond donors (Lipinski definition) is 0. The van der Waals surface area contributed by atoms with E-state index in [4.69, 9.17) is 9.47 Å². The highest BCUT2D eigenvalue weighted by molar-refractivity contribution is 5.58. The zero-order valence-electron chi connectivity index (χ0n) is 14.0. The Labute approximate surface area is 130 Å². The Balaban J connectivity index is 2.26.